The van der Waals surface area contributed by atoms with E-state index in [1.165, 1.54) is 89.7 Å². The molecule has 0 radical (unpaired) electrons. The summed E-state index contributed by atoms with van der Waals surface area (Å²) < 4.78 is 0. The lowest BCUT2D eigenvalue weighted by molar-refractivity contribution is -0.157. The van der Waals surface area contributed by atoms with Crippen molar-refractivity contribution < 1.29 is 63.0 Å². The van der Waals surface area contributed by atoms with Crippen LogP contribution in [0.1, 0.15) is 150 Å². The van der Waals surface area contributed by atoms with Crippen molar-refractivity contribution in [2.75, 3.05) is 55.9 Å². The Morgan fingerprint density at radius 1 is 0.430 bits per heavy atom. The average Bonchev–Trinajstić information content (AvgIpc) is 2.16. The number of likely N-dealkylation sites (N-methyl/N-ethyl adjacent to an activating group) is 7. The maximum atomic E-state index is 15.1. The SMILES string of the molecule is C/C=C/C[C@@H](C)[C@@H](O)[C@H]1C(=O)NC([C@@H](C)O)C(=O)N(C)CC(=O)N(C)[C@@H](CC(C)C)C(=O)N[C@@H](C(C)C)C(=O)N(C)[C@@H](CC(C)C)C(=O)N[C@@H](C)C(=O)N[C@H](C)C(=O)N(C)[C@@H](CC(C)C)C(=O)N(C)[C@@H](CC(C)C)C(=O)N(C)[C@@H](C(C)C)C(=O)N1C. The minimum absolute atomic E-state index is 0.113. The number of amides is 11. The fourth-order valence-corrected chi connectivity index (χ4v) is 10.7. The van der Waals surface area contributed by atoms with Crippen LogP contribution in [0.15, 0.2) is 12.2 Å². The van der Waals surface area contributed by atoms with Gasteiger partial charge in [-0.3, -0.25) is 52.7 Å². The predicted molar refractivity (Wildman–Crippen MR) is 330 cm³/mol. The first-order valence-corrected chi connectivity index (χ1v) is 30.6. The van der Waals surface area contributed by atoms with Gasteiger partial charge in [0.2, 0.25) is 65.0 Å². The Hall–Kier alpha value is -6.17. The van der Waals surface area contributed by atoms with Crippen LogP contribution in [-0.4, -0.2) is 238 Å². The zero-order valence-electron chi connectivity index (χ0n) is 56.4. The van der Waals surface area contributed by atoms with Gasteiger partial charge in [-0.15, -0.1) is 0 Å². The Morgan fingerprint density at radius 2 is 0.826 bits per heavy atom. The first kappa shape index (κ1) is 77.8. The number of allylic oxidation sites excluding steroid dienone is 2. The summed E-state index contributed by atoms with van der Waals surface area (Å²) in [7, 11) is 9.62. The minimum Gasteiger partial charge on any atom is -0.391 e. The molecule has 13 atom stereocenters. The molecule has 0 bridgehead atoms. The van der Waals surface area contributed by atoms with Crippen molar-refractivity contribution in [2.24, 2.45) is 41.4 Å². The molecule has 24 nitrogen and oxygen atoms in total. The summed E-state index contributed by atoms with van der Waals surface area (Å²) in [6, 6.07) is -13.2. The molecule has 0 aromatic carbocycles. The van der Waals surface area contributed by atoms with Crippen molar-refractivity contribution in [1.29, 1.82) is 0 Å². The van der Waals surface area contributed by atoms with Crippen LogP contribution in [0.3, 0.4) is 0 Å². The number of hydrogen-bond acceptors (Lipinski definition) is 13. The molecule has 0 spiro atoms. The van der Waals surface area contributed by atoms with Gasteiger partial charge in [-0.05, 0) is 101 Å². The smallest absolute Gasteiger partial charge is 0.248 e. The molecule has 1 rings (SSSR count). The number of aliphatic hydroxyl groups is 2. The highest BCUT2D eigenvalue weighted by molar-refractivity contribution is 5.99. The number of carbonyl (C=O) groups is 11. The summed E-state index contributed by atoms with van der Waals surface area (Å²) in [4.78, 5) is 168. The zero-order chi connectivity index (χ0) is 66.8. The lowest BCUT2D eigenvalue weighted by Crippen LogP contribution is -2.64. The lowest BCUT2D eigenvalue weighted by atomic mass is 9.91. The maximum absolute atomic E-state index is 15.1. The molecule has 1 fully saturated rings. The van der Waals surface area contributed by atoms with E-state index in [0.29, 0.717) is 0 Å². The first-order valence-electron chi connectivity index (χ1n) is 30.6. The van der Waals surface area contributed by atoms with Crippen LogP contribution in [0.2, 0.25) is 0 Å². The van der Waals surface area contributed by atoms with Crippen molar-refractivity contribution in [1.82, 2.24) is 55.6 Å². The summed E-state index contributed by atoms with van der Waals surface area (Å²) in [5.41, 5.74) is 0. The summed E-state index contributed by atoms with van der Waals surface area (Å²) in [5, 5.41) is 34.0. The topological polar surface area (TPSA) is 299 Å². The van der Waals surface area contributed by atoms with Crippen molar-refractivity contribution >= 4 is 65.0 Å². The number of aliphatic hydroxyl groups excluding tert-OH is 2. The van der Waals surface area contributed by atoms with Gasteiger partial charge in [-0.25, -0.2) is 0 Å². The molecule has 86 heavy (non-hydrogen) atoms. The Bertz CT molecular complexity index is 2360. The van der Waals surface area contributed by atoms with Crippen molar-refractivity contribution in [3.63, 3.8) is 0 Å². The van der Waals surface area contributed by atoms with Gasteiger partial charge < -0.3 is 65.8 Å². The van der Waals surface area contributed by atoms with E-state index in [2.05, 4.69) is 21.3 Å². The molecule has 0 aromatic heterocycles. The average molecular weight is 1220 g/mol. The normalized spacial score (nSPS) is 27.1. The van der Waals surface area contributed by atoms with E-state index >= 15 is 9.59 Å². The van der Waals surface area contributed by atoms with Gasteiger partial charge in [-0.1, -0.05) is 102 Å². The maximum Gasteiger partial charge on any atom is 0.248 e. The summed E-state index contributed by atoms with van der Waals surface area (Å²) in [6.45, 7) is 28.5. The Balaban J connectivity index is 4.37. The lowest BCUT2D eigenvalue weighted by Gasteiger charge is -2.41. The molecule has 0 aromatic rings. The van der Waals surface area contributed by atoms with E-state index in [-0.39, 0.29) is 55.8 Å². The van der Waals surface area contributed by atoms with Crippen LogP contribution >= 0.6 is 0 Å². The number of hydrogen-bond donors (Lipinski definition) is 6. The highest BCUT2D eigenvalue weighted by atomic mass is 16.3. The fraction of sp³-hybridized carbons (Fsp3) is 0.790. The van der Waals surface area contributed by atoms with Gasteiger partial charge in [0, 0.05) is 49.3 Å². The van der Waals surface area contributed by atoms with Gasteiger partial charge in [0.1, 0.15) is 60.4 Å². The van der Waals surface area contributed by atoms with E-state index < -0.39 is 162 Å². The molecule has 0 aliphatic carbocycles. The molecule has 1 unspecified atom stereocenters. The van der Waals surface area contributed by atoms with Crippen molar-refractivity contribution in [3.8, 4) is 0 Å². The Kier molecular flexibility index (Phi) is 31.7. The largest absolute Gasteiger partial charge is 0.391 e. The zero-order valence-corrected chi connectivity index (χ0v) is 56.4. The molecule has 1 aliphatic heterocycles. The molecule has 11 amide bonds. The first-order chi connectivity index (χ1) is 39.6. The number of nitrogens with one attached hydrogen (secondary N) is 4. The molecule has 0 saturated carbocycles. The third kappa shape index (κ3) is 21.6. The van der Waals surface area contributed by atoms with E-state index in [4.69, 9.17) is 0 Å². The van der Waals surface area contributed by atoms with Gasteiger partial charge in [-0.2, -0.15) is 0 Å². The van der Waals surface area contributed by atoms with Crippen molar-refractivity contribution in [3.05, 3.63) is 12.2 Å². The Morgan fingerprint density at radius 3 is 1.27 bits per heavy atom. The van der Waals surface area contributed by atoms with Crippen LogP contribution in [0.5, 0.6) is 0 Å². The second-order valence-electron chi connectivity index (χ2n) is 26.4. The van der Waals surface area contributed by atoms with Gasteiger partial charge in [0.15, 0.2) is 0 Å². The minimum atomic E-state index is -1.74. The molecular weight excluding hydrogens is 1110 g/mol. The third-order valence-corrected chi connectivity index (χ3v) is 16.1. The highest BCUT2D eigenvalue weighted by Gasteiger charge is 2.46. The molecule has 492 valence electrons. The van der Waals surface area contributed by atoms with Crippen LogP contribution in [-0.2, 0) is 52.7 Å². The van der Waals surface area contributed by atoms with E-state index in [1.54, 1.807) is 53.7 Å². The standard InChI is InChI=1S/C62H111N11O13/c1-25-26-27-39(14)52(76)51-56(80)66-49(42(17)74)60(84)67(18)32-47(75)68(19)43(28-33(2)3)55(79)65-48(37(10)11)61(85)69(20)44(29-34(4)5)54(78)63-40(15)53(77)64-41(16)57(81)70(21)45(30-35(6)7)58(82)71(22)46(31-36(8)9)59(83)72(23)50(38(12)13)62(86)73(51)24/h25-26,33-46,48-52,74,76H,27-32H2,1-24H3,(H,63,78)(H,64,77)(H,65,79)(H,66,80)/b26-25+/t39-,40+,41-,42-,43+,44+,45+,46+,48+,49?,50+,51+,52-/m1/s1. The molecule has 1 saturated heterocycles. The quantitative estimate of drug-likeness (QED) is 0.129. The molecule has 24 heteroatoms. The van der Waals surface area contributed by atoms with Crippen LogP contribution in [0.25, 0.3) is 0 Å². The molecule has 1 heterocycles. The highest BCUT2D eigenvalue weighted by Crippen LogP contribution is 2.26. The van der Waals surface area contributed by atoms with E-state index in [0.717, 1.165) is 14.7 Å². The van der Waals surface area contributed by atoms with Gasteiger partial charge in [0.25, 0.3) is 0 Å². The van der Waals surface area contributed by atoms with Crippen molar-refractivity contribution in [2.45, 2.75) is 222 Å². The van der Waals surface area contributed by atoms with E-state index in [1.807, 2.05) is 55.4 Å². The van der Waals surface area contributed by atoms with Crippen LogP contribution < -0.4 is 21.3 Å². The summed E-state index contributed by atoms with van der Waals surface area (Å²) in [5.74, 6) is -10.7. The number of rotatable bonds is 15. The fourth-order valence-electron chi connectivity index (χ4n) is 10.7. The molecule has 6 N–H and O–H groups in total. The van der Waals surface area contributed by atoms with Gasteiger partial charge >= 0.3 is 0 Å². The molecular formula is C62H111N11O13. The Labute approximate surface area is 513 Å². The molecule has 1 aliphatic rings. The monoisotopic (exact) mass is 1220 g/mol. The number of carbonyl (C=O) groups excluding carboxylic acids is 11. The van der Waals surface area contributed by atoms with E-state index in [9.17, 15) is 53.4 Å². The van der Waals surface area contributed by atoms with Crippen LogP contribution in [0, 0.1) is 41.4 Å². The summed E-state index contributed by atoms with van der Waals surface area (Å²) in [6.07, 6.45) is 1.10. The third-order valence-electron chi connectivity index (χ3n) is 16.1. The summed E-state index contributed by atoms with van der Waals surface area (Å²) >= 11 is 0. The predicted octanol–water partition coefficient (Wildman–Crippen LogP) is 2.24. The van der Waals surface area contributed by atoms with Gasteiger partial charge in [0.05, 0.1) is 18.8 Å². The number of nitrogens with zero attached hydrogens (tertiary/aromatic N) is 7. The second-order valence-corrected chi connectivity index (χ2v) is 26.4. The second kappa shape index (κ2) is 35.0. The van der Waals surface area contributed by atoms with Crippen LogP contribution in [0.4, 0.5) is 0 Å².